The summed E-state index contributed by atoms with van der Waals surface area (Å²) in [5, 5.41) is 0. The highest BCUT2D eigenvalue weighted by atomic mass is 16.5. The number of hydrogen-bond donors (Lipinski definition) is 0. The molecule has 0 radical (unpaired) electrons. The Hall–Kier alpha value is -2.20. The number of rotatable bonds is 18. The van der Waals surface area contributed by atoms with E-state index in [1.54, 1.807) is 27.7 Å². The minimum absolute atomic E-state index is 0.0121. The summed E-state index contributed by atoms with van der Waals surface area (Å²) in [5.74, 6) is -0.144. The van der Waals surface area contributed by atoms with Gasteiger partial charge in [-0.2, -0.15) is 0 Å². The number of carbonyl (C=O) groups excluding carboxylic acids is 4. The maximum absolute atomic E-state index is 13.0. The van der Waals surface area contributed by atoms with Crippen molar-refractivity contribution in [1.82, 2.24) is 9.80 Å². The number of nitrogens with zero attached hydrogens (tertiary/aromatic N) is 2. The average molecular weight is 639 g/mol. The van der Waals surface area contributed by atoms with Crippen molar-refractivity contribution >= 4 is 23.9 Å². The zero-order chi connectivity index (χ0) is 33.5. The first-order valence-corrected chi connectivity index (χ1v) is 17.7. The van der Waals surface area contributed by atoms with E-state index >= 15 is 0 Å². The lowest BCUT2D eigenvalue weighted by Crippen LogP contribution is -2.53. The Morgan fingerprint density at radius 1 is 0.533 bits per heavy atom. The molecule has 0 aromatic heterocycles. The highest BCUT2D eigenvalue weighted by Crippen LogP contribution is 2.39. The summed E-state index contributed by atoms with van der Waals surface area (Å²) in [5.41, 5.74) is 0. The van der Waals surface area contributed by atoms with E-state index in [0.29, 0.717) is 11.8 Å². The van der Waals surface area contributed by atoms with E-state index in [0.717, 1.165) is 51.4 Å². The molecule has 45 heavy (non-hydrogen) atoms. The van der Waals surface area contributed by atoms with E-state index in [2.05, 4.69) is 37.5 Å². The van der Waals surface area contributed by atoms with Crippen LogP contribution in [0.25, 0.3) is 0 Å². The van der Waals surface area contributed by atoms with E-state index in [9.17, 15) is 19.2 Å². The lowest BCUT2D eigenvalue weighted by Gasteiger charge is -2.44. The molecule has 2 fully saturated rings. The van der Waals surface area contributed by atoms with Crippen LogP contribution in [-0.4, -0.2) is 96.4 Å². The summed E-state index contributed by atoms with van der Waals surface area (Å²) < 4.78 is 21.2. The van der Waals surface area contributed by atoms with Crippen molar-refractivity contribution in [2.45, 2.75) is 162 Å². The third kappa shape index (κ3) is 12.2. The predicted molar refractivity (Wildman–Crippen MR) is 173 cm³/mol. The lowest BCUT2D eigenvalue weighted by atomic mass is 9.74. The van der Waals surface area contributed by atoms with Gasteiger partial charge < -0.3 is 18.9 Å². The Kier molecular flexibility index (Phi) is 17.4. The van der Waals surface area contributed by atoms with Crippen LogP contribution in [0.2, 0.25) is 0 Å². The van der Waals surface area contributed by atoms with Gasteiger partial charge in [0.05, 0.1) is 39.3 Å². The van der Waals surface area contributed by atoms with Gasteiger partial charge >= 0.3 is 23.9 Å². The second-order valence-corrected chi connectivity index (χ2v) is 13.2. The molecule has 2 rings (SSSR count). The zero-order valence-electron chi connectivity index (χ0n) is 29.4. The fourth-order valence-corrected chi connectivity index (χ4v) is 7.75. The quantitative estimate of drug-likeness (QED) is 0.137. The smallest absolute Gasteiger partial charge is 0.323 e. The highest BCUT2D eigenvalue weighted by molar-refractivity contribution is 5.83. The number of esters is 4. The molecule has 0 saturated heterocycles. The third-order valence-corrected chi connectivity index (χ3v) is 9.50. The minimum atomic E-state index is -0.632. The second-order valence-electron chi connectivity index (χ2n) is 13.2. The molecule has 10 heteroatoms. The van der Waals surface area contributed by atoms with Gasteiger partial charge in [-0.05, 0) is 125 Å². The van der Waals surface area contributed by atoms with Crippen molar-refractivity contribution in [2.75, 3.05) is 26.4 Å². The van der Waals surface area contributed by atoms with Crippen LogP contribution in [0.1, 0.15) is 126 Å². The van der Waals surface area contributed by atoms with Crippen LogP contribution in [0, 0.1) is 11.8 Å². The Labute approximate surface area is 272 Å². The maximum atomic E-state index is 13.0. The summed E-state index contributed by atoms with van der Waals surface area (Å²) in [6, 6.07) is -0.633. The van der Waals surface area contributed by atoms with Crippen LogP contribution in [0.4, 0.5) is 0 Å². The van der Waals surface area contributed by atoms with Crippen molar-refractivity contribution in [3.05, 3.63) is 0 Å². The number of ether oxygens (including phenoxy) is 4. The van der Waals surface area contributed by atoms with E-state index in [1.165, 1.54) is 6.42 Å². The Morgan fingerprint density at radius 2 is 0.844 bits per heavy atom. The van der Waals surface area contributed by atoms with Crippen LogP contribution >= 0.6 is 0 Å². The standard InChI is InChI=1S/C35H62N2O8/c1-9-42-32(38)22-30(34(40)44-11-3)36(24(5)6)28-17-13-26(14-18-28)21-27-15-19-29(20-16-27)37(25(7)8)31(35(41)45-12-4)23-33(39)43-10-2/h24-31H,9-23H2,1-8H3. The largest absolute Gasteiger partial charge is 0.466 e. The molecule has 0 aromatic rings. The summed E-state index contributed by atoms with van der Waals surface area (Å²) in [4.78, 5) is 55.2. The molecular weight excluding hydrogens is 576 g/mol. The van der Waals surface area contributed by atoms with Crippen LogP contribution in [0.15, 0.2) is 0 Å². The monoisotopic (exact) mass is 638 g/mol. The first-order valence-electron chi connectivity index (χ1n) is 17.7. The molecule has 0 aliphatic heterocycles. The van der Waals surface area contributed by atoms with Gasteiger partial charge in [-0.15, -0.1) is 0 Å². The molecule has 2 atom stereocenters. The van der Waals surface area contributed by atoms with Gasteiger partial charge in [-0.3, -0.25) is 29.0 Å². The first kappa shape index (κ1) is 39.0. The van der Waals surface area contributed by atoms with Crippen LogP contribution in [-0.2, 0) is 38.1 Å². The molecule has 2 unspecified atom stereocenters. The summed E-state index contributed by atoms with van der Waals surface area (Å²) in [6.07, 6.45) is 9.60. The summed E-state index contributed by atoms with van der Waals surface area (Å²) >= 11 is 0. The van der Waals surface area contributed by atoms with Crippen molar-refractivity contribution in [2.24, 2.45) is 11.8 Å². The van der Waals surface area contributed by atoms with Crippen molar-refractivity contribution in [3.63, 3.8) is 0 Å². The van der Waals surface area contributed by atoms with Gasteiger partial charge in [-0.25, -0.2) is 0 Å². The molecule has 0 spiro atoms. The molecule has 0 N–H and O–H groups in total. The van der Waals surface area contributed by atoms with Gasteiger partial charge in [0.15, 0.2) is 0 Å². The topological polar surface area (TPSA) is 112 Å². The molecule has 0 aromatic carbocycles. The molecule has 260 valence electrons. The number of carbonyl (C=O) groups is 4. The molecule has 2 aliphatic rings. The molecular formula is C35H62N2O8. The fourth-order valence-electron chi connectivity index (χ4n) is 7.75. The van der Waals surface area contributed by atoms with E-state index in [1.807, 2.05) is 0 Å². The van der Waals surface area contributed by atoms with Crippen LogP contribution in [0.5, 0.6) is 0 Å². The molecule has 10 nitrogen and oxygen atoms in total. The van der Waals surface area contributed by atoms with Crippen LogP contribution < -0.4 is 0 Å². The molecule has 2 saturated carbocycles. The van der Waals surface area contributed by atoms with E-state index in [-0.39, 0.29) is 87.3 Å². The third-order valence-electron chi connectivity index (χ3n) is 9.50. The Balaban J connectivity index is 2.00. The van der Waals surface area contributed by atoms with Crippen molar-refractivity contribution < 1.29 is 38.1 Å². The van der Waals surface area contributed by atoms with Gasteiger partial charge in [0.25, 0.3) is 0 Å². The predicted octanol–water partition coefficient (Wildman–Crippen LogP) is 5.68. The van der Waals surface area contributed by atoms with E-state index in [4.69, 9.17) is 18.9 Å². The van der Waals surface area contributed by atoms with Gasteiger partial charge in [0, 0.05) is 24.2 Å². The SMILES string of the molecule is CCOC(=O)CC(C(=O)OCC)N(C(C)C)C1CCC(CC2CCC(N(C(C)C)C(CC(=O)OCC)C(=O)OCC)CC2)CC1. The summed E-state index contributed by atoms with van der Waals surface area (Å²) in [6.45, 7) is 16.6. The number of hydrogen-bond acceptors (Lipinski definition) is 10. The molecule has 0 bridgehead atoms. The van der Waals surface area contributed by atoms with Crippen LogP contribution in [0.3, 0.4) is 0 Å². The lowest BCUT2D eigenvalue weighted by molar-refractivity contribution is -0.159. The molecule has 0 amide bonds. The van der Waals surface area contributed by atoms with Gasteiger partial charge in [-0.1, -0.05) is 0 Å². The Bertz CT molecular complexity index is 837. The maximum Gasteiger partial charge on any atom is 0.323 e. The van der Waals surface area contributed by atoms with Crippen molar-refractivity contribution in [1.29, 1.82) is 0 Å². The molecule has 0 heterocycles. The second kappa shape index (κ2) is 20.1. The van der Waals surface area contributed by atoms with Gasteiger partial charge in [0.1, 0.15) is 12.1 Å². The molecule has 2 aliphatic carbocycles. The highest BCUT2D eigenvalue weighted by Gasteiger charge is 2.40. The Morgan fingerprint density at radius 3 is 1.11 bits per heavy atom. The van der Waals surface area contributed by atoms with Crippen molar-refractivity contribution in [3.8, 4) is 0 Å². The van der Waals surface area contributed by atoms with Gasteiger partial charge in [0.2, 0.25) is 0 Å². The first-order chi connectivity index (χ1) is 21.5. The summed E-state index contributed by atoms with van der Waals surface area (Å²) in [7, 11) is 0. The normalized spacial score (nSPS) is 23.6. The average Bonchev–Trinajstić information content (AvgIpc) is 2.98. The minimum Gasteiger partial charge on any atom is -0.466 e. The van der Waals surface area contributed by atoms with E-state index < -0.39 is 12.1 Å². The zero-order valence-corrected chi connectivity index (χ0v) is 29.4. The fraction of sp³-hybridized carbons (Fsp3) is 0.886.